The third-order valence-electron chi connectivity index (χ3n) is 5.84. The minimum Gasteiger partial charge on any atom is -0.393 e. The molecular weight excluding hydrogens is 274 g/mol. The van der Waals surface area contributed by atoms with Crippen LogP contribution in [0.1, 0.15) is 72.1 Å². The minimum absolute atomic E-state index is 0.0646. The fourth-order valence-corrected chi connectivity index (χ4v) is 3.90. The summed E-state index contributed by atoms with van der Waals surface area (Å²) in [6.45, 7) is 10.6. The molecule has 4 unspecified atom stereocenters. The lowest BCUT2D eigenvalue weighted by molar-refractivity contribution is -0.0800. The summed E-state index contributed by atoms with van der Waals surface area (Å²) in [4.78, 5) is 0. The third kappa shape index (κ3) is 4.81. The van der Waals surface area contributed by atoms with E-state index in [1.165, 1.54) is 6.42 Å². The first kappa shape index (κ1) is 18.0. The highest BCUT2D eigenvalue weighted by molar-refractivity contribution is 4.95. The van der Waals surface area contributed by atoms with E-state index < -0.39 is 0 Å². The Labute approximate surface area is 136 Å². The van der Waals surface area contributed by atoms with Gasteiger partial charge in [0.15, 0.2) is 0 Å². The second-order valence-electron chi connectivity index (χ2n) is 7.68. The van der Waals surface area contributed by atoms with E-state index in [9.17, 15) is 5.11 Å². The van der Waals surface area contributed by atoms with Crippen LogP contribution >= 0.6 is 0 Å². The van der Waals surface area contributed by atoms with Gasteiger partial charge >= 0.3 is 0 Å². The highest BCUT2D eigenvalue weighted by Crippen LogP contribution is 2.32. The average Bonchev–Trinajstić information content (AvgIpc) is 2.52. The van der Waals surface area contributed by atoms with E-state index in [2.05, 4.69) is 32.7 Å². The summed E-state index contributed by atoms with van der Waals surface area (Å²) >= 11 is 0. The lowest BCUT2D eigenvalue weighted by Crippen LogP contribution is -2.48. The van der Waals surface area contributed by atoms with Crippen molar-refractivity contribution in [1.82, 2.24) is 5.32 Å². The molecule has 0 aromatic heterocycles. The van der Waals surface area contributed by atoms with Crippen molar-refractivity contribution in [2.24, 2.45) is 5.92 Å². The summed E-state index contributed by atoms with van der Waals surface area (Å²) < 4.78 is 6.32. The molecule has 128 valence electrons. The predicted octanol–water partition coefficient (Wildman–Crippen LogP) is 3.81. The van der Waals surface area contributed by atoms with Gasteiger partial charge in [-0.15, -0.1) is 6.58 Å². The van der Waals surface area contributed by atoms with Crippen LogP contribution in [0.25, 0.3) is 0 Å². The van der Waals surface area contributed by atoms with Crippen molar-refractivity contribution in [2.45, 2.75) is 102 Å². The first-order valence-corrected chi connectivity index (χ1v) is 9.21. The topological polar surface area (TPSA) is 41.5 Å². The van der Waals surface area contributed by atoms with E-state index in [1.54, 1.807) is 0 Å². The quantitative estimate of drug-likeness (QED) is 0.733. The van der Waals surface area contributed by atoms with Gasteiger partial charge in [0.05, 0.1) is 17.8 Å². The zero-order chi connectivity index (χ0) is 16.2. The van der Waals surface area contributed by atoms with Crippen LogP contribution in [0.3, 0.4) is 0 Å². The number of hydrogen-bond acceptors (Lipinski definition) is 3. The zero-order valence-electron chi connectivity index (χ0n) is 14.7. The van der Waals surface area contributed by atoms with Crippen molar-refractivity contribution in [2.75, 3.05) is 0 Å². The zero-order valence-corrected chi connectivity index (χ0v) is 14.7. The van der Waals surface area contributed by atoms with Gasteiger partial charge in [-0.1, -0.05) is 19.9 Å². The fourth-order valence-electron chi connectivity index (χ4n) is 3.90. The minimum atomic E-state index is -0.176. The van der Waals surface area contributed by atoms with Crippen molar-refractivity contribution in [3.63, 3.8) is 0 Å². The average molecular weight is 309 g/mol. The molecule has 0 amide bonds. The van der Waals surface area contributed by atoms with E-state index in [0.29, 0.717) is 24.1 Å². The molecule has 2 saturated carbocycles. The van der Waals surface area contributed by atoms with Crippen LogP contribution in [0.5, 0.6) is 0 Å². The van der Waals surface area contributed by atoms with Gasteiger partial charge < -0.3 is 15.2 Å². The molecule has 3 nitrogen and oxygen atoms in total. The molecule has 0 spiro atoms. The molecule has 0 bridgehead atoms. The molecule has 0 saturated heterocycles. The van der Waals surface area contributed by atoms with Gasteiger partial charge in [0.2, 0.25) is 0 Å². The summed E-state index contributed by atoms with van der Waals surface area (Å²) in [6.07, 6.45) is 10.9. The highest BCUT2D eigenvalue weighted by Gasteiger charge is 2.33. The Morgan fingerprint density at radius 1 is 1.23 bits per heavy atom. The van der Waals surface area contributed by atoms with Gasteiger partial charge in [0, 0.05) is 12.1 Å². The smallest absolute Gasteiger partial charge is 0.0832 e. The molecule has 0 heterocycles. The van der Waals surface area contributed by atoms with Crippen LogP contribution in [-0.2, 0) is 4.74 Å². The molecule has 22 heavy (non-hydrogen) atoms. The van der Waals surface area contributed by atoms with Gasteiger partial charge in [-0.25, -0.2) is 0 Å². The maximum Gasteiger partial charge on any atom is 0.0832 e. The molecule has 4 atom stereocenters. The molecule has 2 fully saturated rings. The van der Waals surface area contributed by atoms with Gasteiger partial charge in [-0.05, 0) is 64.2 Å². The van der Waals surface area contributed by atoms with Crippen LogP contribution in [0.4, 0.5) is 0 Å². The Bertz CT molecular complexity index is 351. The Morgan fingerprint density at radius 2 is 1.91 bits per heavy atom. The molecule has 0 aromatic carbocycles. The number of nitrogens with one attached hydrogen (secondary N) is 1. The van der Waals surface area contributed by atoms with E-state index in [0.717, 1.165) is 44.9 Å². The number of aliphatic hydroxyl groups is 1. The summed E-state index contributed by atoms with van der Waals surface area (Å²) in [6, 6.07) is 1.21. The summed E-state index contributed by atoms with van der Waals surface area (Å²) in [5.41, 5.74) is -0.176. The van der Waals surface area contributed by atoms with Crippen molar-refractivity contribution < 1.29 is 9.84 Å². The molecule has 0 aliphatic heterocycles. The SMILES string of the molecule is C=CC(C)(CC)OC1CCC(NC2CCC(O)CC2)C(C)C1. The Hall–Kier alpha value is -0.380. The number of rotatable bonds is 6. The fraction of sp³-hybridized carbons (Fsp3) is 0.895. The van der Waals surface area contributed by atoms with E-state index in [4.69, 9.17) is 4.74 Å². The third-order valence-corrected chi connectivity index (χ3v) is 5.84. The van der Waals surface area contributed by atoms with Crippen molar-refractivity contribution in [1.29, 1.82) is 0 Å². The molecule has 0 radical (unpaired) electrons. The van der Waals surface area contributed by atoms with Crippen LogP contribution in [0.2, 0.25) is 0 Å². The maximum absolute atomic E-state index is 9.62. The van der Waals surface area contributed by atoms with Crippen molar-refractivity contribution in [3.8, 4) is 0 Å². The first-order chi connectivity index (χ1) is 10.5. The lowest BCUT2D eigenvalue weighted by Gasteiger charge is -2.40. The standard InChI is InChI=1S/C19H35NO2/c1-5-19(4,6-2)22-17-11-12-18(14(3)13-17)20-15-7-9-16(21)10-8-15/h5,14-18,20-21H,1,6-13H2,2-4H3. The molecule has 2 rings (SSSR count). The molecule has 2 N–H and O–H groups in total. The van der Waals surface area contributed by atoms with E-state index in [1.807, 2.05) is 6.08 Å². The van der Waals surface area contributed by atoms with Gasteiger partial charge in [-0.2, -0.15) is 0 Å². The van der Waals surface area contributed by atoms with Crippen LogP contribution < -0.4 is 5.32 Å². The van der Waals surface area contributed by atoms with E-state index >= 15 is 0 Å². The van der Waals surface area contributed by atoms with Gasteiger partial charge in [-0.3, -0.25) is 0 Å². The first-order valence-electron chi connectivity index (χ1n) is 9.21. The summed E-state index contributed by atoms with van der Waals surface area (Å²) in [5, 5.41) is 13.5. The Kier molecular flexibility index (Phi) is 6.48. The summed E-state index contributed by atoms with van der Waals surface area (Å²) in [7, 11) is 0. The van der Waals surface area contributed by atoms with Crippen LogP contribution in [0.15, 0.2) is 12.7 Å². The Balaban J connectivity index is 1.79. The van der Waals surface area contributed by atoms with Gasteiger partial charge in [0.1, 0.15) is 0 Å². The lowest BCUT2D eigenvalue weighted by atomic mass is 9.82. The second kappa shape index (κ2) is 7.94. The monoisotopic (exact) mass is 309 g/mol. The predicted molar refractivity (Wildman–Crippen MR) is 92.0 cm³/mol. The number of ether oxygens (including phenoxy) is 1. The molecule has 0 aromatic rings. The van der Waals surface area contributed by atoms with E-state index in [-0.39, 0.29) is 11.7 Å². The molecular formula is C19H35NO2. The molecule has 2 aliphatic rings. The maximum atomic E-state index is 9.62. The Morgan fingerprint density at radius 3 is 2.45 bits per heavy atom. The van der Waals surface area contributed by atoms with Crippen LogP contribution in [0, 0.1) is 5.92 Å². The van der Waals surface area contributed by atoms with Crippen LogP contribution in [-0.4, -0.2) is 35.0 Å². The van der Waals surface area contributed by atoms with Crippen molar-refractivity contribution >= 4 is 0 Å². The summed E-state index contributed by atoms with van der Waals surface area (Å²) in [5.74, 6) is 0.650. The normalized spacial score (nSPS) is 39.2. The van der Waals surface area contributed by atoms with Gasteiger partial charge in [0.25, 0.3) is 0 Å². The molecule has 3 heteroatoms. The highest BCUT2D eigenvalue weighted by atomic mass is 16.5. The largest absolute Gasteiger partial charge is 0.393 e. The van der Waals surface area contributed by atoms with Crippen molar-refractivity contribution in [3.05, 3.63) is 12.7 Å². The number of hydrogen-bond donors (Lipinski definition) is 2. The second-order valence-corrected chi connectivity index (χ2v) is 7.68. The number of aliphatic hydroxyl groups excluding tert-OH is 1. The molecule has 2 aliphatic carbocycles.